The third-order valence-electron chi connectivity index (χ3n) is 3.63. The summed E-state index contributed by atoms with van der Waals surface area (Å²) in [5.41, 5.74) is 1.93. The van der Waals surface area contributed by atoms with Crippen LogP contribution in [0.2, 0.25) is 0 Å². The first-order chi connectivity index (χ1) is 11.2. The summed E-state index contributed by atoms with van der Waals surface area (Å²) < 4.78 is 16.4. The van der Waals surface area contributed by atoms with Crippen molar-refractivity contribution in [2.75, 3.05) is 38.3 Å². The first kappa shape index (κ1) is 15.6. The molecule has 0 saturated carbocycles. The molecule has 3 rings (SSSR count). The van der Waals surface area contributed by atoms with Crippen molar-refractivity contribution in [1.82, 2.24) is 9.97 Å². The van der Waals surface area contributed by atoms with Crippen molar-refractivity contribution >= 4 is 5.95 Å². The molecule has 1 saturated heterocycles. The standard InChI is InChI=1S/C17H21N3O3/c1-13-10-16(19-17(18-13)20-6-8-22-9-7-20)23-12-14-4-3-5-15(11-14)21-2/h3-5,10-11H,6-9,12H2,1-2H3. The number of aryl methyl sites for hydroxylation is 1. The Morgan fingerprint density at radius 1 is 1.17 bits per heavy atom. The van der Waals surface area contributed by atoms with Gasteiger partial charge in [-0.3, -0.25) is 0 Å². The molecule has 0 atom stereocenters. The van der Waals surface area contributed by atoms with Crippen molar-refractivity contribution in [2.24, 2.45) is 0 Å². The zero-order chi connectivity index (χ0) is 16.1. The second-order valence-electron chi connectivity index (χ2n) is 5.39. The third kappa shape index (κ3) is 4.10. The van der Waals surface area contributed by atoms with Crippen LogP contribution >= 0.6 is 0 Å². The number of morpholine rings is 1. The minimum absolute atomic E-state index is 0.441. The Balaban J connectivity index is 1.70. The Bertz CT molecular complexity index is 657. The van der Waals surface area contributed by atoms with Crippen LogP contribution in [-0.2, 0) is 11.3 Å². The number of nitrogens with zero attached hydrogens (tertiary/aromatic N) is 3. The summed E-state index contributed by atoms with van der Waals surface area (Å²) in [6.07, 6.45) is 0. The number of anilines is 1. The number of methoxy groups -OCH3 is 1. The maximum Gasteiger partial charge on any atom is 0.229 e. The SMILES string of the molecule is COc1cccc(COc2cc(C)nc(N3CCOCC3)n2)c1. The van der Waals surface area contributed by atoms with Crippen LogP contribution in [0.3, 0.4) is 0 Å². The minimum Gasteiger partial charge on any atom is -0.497 e. The van der Waals surface area contributed by atoms with Crippen molar-refractivity contribution < 1.29 is 14.2 Å². The number of benzene rings is 1. The highest BCUT2D eigenvalue weighted by Gasteiger charge is 2.15. The van der Waals surface area contributed by atoms with Crippen LogP contribution in [0, 0.1) is 6.92 Å². The van der Waals surface area contributed by atoms with E-state index >= 15 is 0 Å². The third-order valence-corrected chi connectivity index (χ3v) is 3.63. The number of hydrogen-bond donors (Lipinski definition) is 0. The van der Waals surface area contributed by atoms with Gasteiger partial charge in [0.15, 0.2) is 0 Å². The Hall–Kier alpha value is -2.34. The molecule has 1 fully saturated rings. The second-order valence-corrected chi connectivity index (χ2v) is 5.39. The average molecular weight is 315 g/mol. The fourth-order valence-electron chi connectivity index (χ4n) is 2.42. The van der Waals surface area contributed by atoms with Crippen molar-refractivity contribution in [3.8, 4) is 11.6 Å². The van der Waals surface area contributed by atoms with Crippen LogP contribution in [0.4, 0.5) is 5.95 Å². The van der Waals surface area contributed by atoms with Gasteiger partial charge in [0, 0.05) is 24.8 Å². The Labute approximate surface area is 136 Å². The van der Waals surface area contributed by atoms with Crippen molar-refractivity contribution in [1.29, 1.82) is 0 Å². The predicted octanol–water partition coefficient (Wildman–Crippen LogP) is 2.21. The van der Waals surface area contributed by atoms with Crippen LogP contribution in [-0.4, -0.2) is 43.4 Å². The minimum atomic E-state index is 0.441. The van der Waals surface area contributed by atoms with Crippen LogP contribution in [0.25, 0.3) is 0 Å². The zero-order valence-corrected chi connectivity index (χ0v) is 13.5. The van der Waals surface area contributed by atoms with E-state index in [1.807, 2.05) is 37.3 Å². The molecular formula is C17H21N3O3. The smallest absolute Gasteiger partial charge is 0.229 e. The van der Waals surface area contributed by atoms with E-state index in [1.54, 1.807) is 7.11 Å². The lowest BCUT2D eigenvalue weighted by atomic mass is 10.2. The fourth-order valence-corrected chi connectivity index (χ4v) is 2.42. The average Bonchev–Trinajstić information content (AvgIpc) is 2.60. The molecule has 0 bridgehead atoms. The molecule has 122 valence electrons. The summed E-state index contributed by atoms with van der Waals surface area (Å²) >= 11 is 0. The van der Waals surface area contributed by atoms with E-state index in [2.05, 4.69) is 14.9 Å². The Kier molecular flexibility index (Phi) is 4.92. The first-order valence-corrected chi connectivity index (χ1v) is 7.69. The lowest BCUT2D eigenvalue weighted by Gasteiger charge is -2.27. The molecule has 0 radical (unpaired) electrons. The van der Waals surface area contributed by atoms with E-state index in [4.69, 9.17) is 14.2 Å². The monoisotopic (exact) mass is 315 g/mol. The largest absolute Gasteiger partial charge is 0.497 e. The number of ether oxygens (including phenoxy) is 3. The maximum absolute atomic E-state index is 5.84. The Morgan fingerprint density at radius 2 is 2.00 bits per heavy atom. The van der Waals surface area contributed by atoms with Gasteiger partial charge in [-0.15, -0.1) is 0 Å². The molecule has 1 aromatic carbocycles. The van der Waals surface area contributed by atoms with E-state index in [-0.39, 0.29) is 0 Å². The maximum atomic E-state index is 5.84. The molecule has 0 amide bonds. The molecule has 1 aliphatic rings. The molecule has 2 aromatic rings. The quantitative estimate of drug-likeness (QED) is 0.843. The zero-order valence-electron chi connectivity index (χ0n) is 13.5. The van der Waals surface area contributed by atoms with Crippen LogP contribution in [0.5, 0.6) is 11.6 Å². The van der Waals surface area contributed by atoms with Gasteiger partial charge in [-0.2, -0.15) is 4.98 Å². The van der Waals surface area contributed by atoms with E-state index in [0.717, 1.165) is 30.1 Å². The number of aromatic nitrogens is 2. The van der Waals surface area contributed by atoms with Crippen molar-refractivity contribution in [3.05, 3.63) is 41.6 Å². The Morgan fingerprint density at radius 3 is 2.78 bits per heavy atom. The second kappa shape index (κ2) is 7.28. The summed E-state index contributed by atoms with van der Waals surface area (Å²) in [5.74, 6) is 2.11. The van der Waals surface area contributed by atoms with E-state index in [9.17, 15) is 0 Å². The topological polar surface area (TPSA) is 56.7 Å². The number of hydrogen-bond acceptors (Lipinski definition) is 6. The lowest BCUT2D eigenvalue weighted by molar-refractivity contribution is 0.122. The molecule has 6 heteroatoms. The molecule has 0 aliphatic carbocycles. The van der Waals surface area contributed by atoms with Crippen LogP contribution in [0.1, 0.15) is 11.3 Å². The van der Waals surface area contributed by atoms with E-state index in [0.29, 0.717) is 31.6 Å². The molecule has 1 aliphatic heterocycles. The predicted molar refractivity (Wildman–Crippen MR) is 87.1 cm³/mol. The van der Waals surface area contributed by atoms with Gasteiger partial charge in [0.05, 0.1) is 20.3 Å². The van der Waals surface area contributed by atoms with Gasteiger partial charge in [0.2, 0.25) is 11.8 Å². The molecule has 0 unspecified atom stereocenters. The summed E-state index contributed by atoms with van der Waals surface area (Å²) in [7, 11) is 1.66. The lowest BCUT2D eigenvalue weighted by Crippen LogP contribution is -2.37. The van der Waals surface area contributed by atoms with Crippen molar-refractivity contribution in [3.63, 3.8) is 0 Å². The highest BCUT2D eigenvalue weighted by atomic mass is 16.5. The van der Waals surface area contributed by atoms with E-state index < -0.39 is 0 Å². The molecule has 6 nitrogen and oxygen atoms in total. The summed E-state index contributed by atoms with van der Waals surface area (Å²) in [5, 5.41) is 0. The van der Waals surface area contributed by atoms with Gasteiger partial charge in [0.25, 0.3) is 0 Å². The molecule has 0 spiro atoms. The summed E-state index contributed by atoms with van der Waals surface area (Å²) in [6, 6.07) is 9.66. The van der Waals surface area contributed by atoms with Gasteiger partial charge >= 0.3 is 0 Å². The molecule has 23 heavy (non-hydrogen) atoms. The number of rotatable bonds is 5. The fraction of sp³-hybridized carbons (Fsp3) is 0.412. The summed E-state index contributed by atoms with van der Waals surface area (Å²) in [4.78, 5) is 11.1. The first-order valence-electron chi connectivity index (χ1n) is 7.69. The van der Waals surface area contributed by atoms with E-state index in [1.165, 1.54) is 0 Å². The molecule has 1 aromatic heterocycles. The highest BCUT2D eigenvalue weighted by molar-refractivity contribution is 5.35. The van der Waals surface area contributed by atoms with Crippen LogP contribution < -0.4 is 14.4 Å². The molecule has 0 N–H and O–H groups in total. The van der Waals surface area contributed by atoms with Gasteiger partial charge < -0.3 is 19.1 Å². The van der Waals surface area contributed by atoms with Gasteiger partial charge in [-0.25, -0.2) is 4.98 Å². The van der Waals surface area contributed by atoms with Gasteiger partial charge in [-0.1, -0.05) is 12.1 Å². The van der Waals surface area contributed by atoms with Gasteiger partial charge in [-0.05, 0) is 24.6 Å². The van der Waals surface area contributed by atoms with Crippen molar-refractivity contribution in [2.45, 2.75) is 13.5 Å². The molecule has 2 heterocycles. The normalized spacial score (nSPS) is 14.6. The van der Waals surface area contributed by atoms with Gasteiger partial charge in [0.1, 0.15) is 12.4 Å². The summed E-state index contributed by atoms with van der Waals surface area (Å²) in [6.45, 7) is 5.41. The highest BCUT2D eigenvalue weighted by Crippen LogP contribution is 2.19. The van der Waals surface area contributed by atoms with Crippen LogP contribution in [0.15, 0.2) is 30.3 Å². The molecular weight excluding hydrogens is 294 g/mol.